The SMILES string of the molecule is CC1(CO)CC(C)(CO)CC(C)(COC(=O)C(F)(F)S(=O)(=O)O)C1. The lowest BCUT2D eigenvalue weighted by Gasteiger charge is -2.51. The van der Waals surface area contributed by atoms with Crippen molar-refractivity contribution in [2.75, 3.05) is 19.8 Å². The summed E-state index contributed by atoms with van der Waals surface area (Å²) in [5.74, 6) is -2.35. The van der Waals surface area contributed by atoms with Crippen LogP contribution in [0.4, 0.5) is 8.78 Å². The molecule has 2 atom stereocenters. The minimum atomic E-state index is -5.92. The van der Waals surface area contributed by atoms with Crippen molar-refractivity contribution in [1.29, 1.82) is 0 Å². The minimum absolute atomic E-state index is 0.201. The lowest BCUT2D eigenvalue weighted by molar-refractivity contribution is -0.169. The third-order valence-electron chi connectivity index (χ3n) is 4.44. The first-order valence-corrected chi connectivity index (χ1v) is 8.80. The summed E-state index contributed by atoms with van der Waals surface area (Å²) in [4.78, 5) is 11.3. The molecule has 7 nitrogen and oxygen atoms in total. The maximum atomic E-state index is 13.2. The summed E-state index contributed by atoms with van der Waals surface area (Å²) in [7, 11) is -5.92. The van der Waals surface area contributed by atoms with Crippen LogP contribution in [-0.2, 0) is 19.6 Å². The number of aliphatic hydroxyl groups is 2. The molecule has 10 heteroatoms. The Morgan fingerprint density at radius 1 is 1.04 bits per heavy atom. The summed E-state index contributed by atoms with van der Waals surface area (Å²) in [5.41, 5.74) is -2.07. The molecule has 0 amide bonds. The van der Waals surface area contributed by atoms with E-state index >= 15 is 0 Å². The number of carbonyl (C=O) groups is 1. The molecule has 1 rings (SSSR count). The number of hydrogen-bond acceptors (Lipinski definition) is 6. The molecule has 142 valence electrons. The Balaban J connectivity index is 2.94. The predicted molar refractivity (Wildman–Crippen MR) is 79.8 cm³/mol. The Kier molecular flexibility index (Phi) is 5.72. The molecule has 1 fully saturated rings. The van der Waals surface area contributed by atoms with E-state index in [1.807, 2.05) is 0 Å². The van der Waals surface area contributed by atoms with Gasteiger partial charge in [0.05, 0.1) is 6.61 Å². The maximum Gasteiger partial charge on any atom is 0.465 e. The van der Waals surface area contributed by atoms with Crippen LogP contribution in [0.3, 0.4) is 0 Å². The van der Waals surface area contributed by atoms with Gasteiger partial charge in [0.1, 0.15) is 0 Å². The highest BCUT2D eigenvalue weighted by Crippen LogP contribution is 2.54. The van der Waals surface area contributed by atoms with Gasteiger partial charge in [-0.15, -0.1) is 0 Å². The fraction of sp³-hybridized carbons (Fsp3) is 0.929. The van der Waals surface area contributed by atoms with E-state index in [-0.39, 0.29) is 13.2 Å². The number of alkyl halides is 2. The van der Waals surface area contributed by atoms with Crippen LogP contribution >= 0.6 is 0 Å². The summed E-state index contributed by atoms with van der Waals surface area (Å²) in [6.07, 6.45) is 1.16. The van der Waals surface area contributed by atoms with E-state index in [9.17, 15) is 32.2 Å². The molecule has 3 N–H and O–H groups in total. The molecule has 0 radical (unpaired) electrons. The maximum absolute atomic E-state index is 13.2. The van der Waals surface area contributed by atoms with Gasteiger partial charge in [0, 0.05) is 18.6 Å². The van der Waals surface area contributed by atoms with Crippen LogP contribution in [0.15, 0.2) is 0 Å². The molecule has 0 aromatic heterocycles. The Bertz CT molecular complexity index is 574. The van der Waals surface area contributed by atoms with Crippen LogP contribution in [0.1, 0.15) is 40.0 Å². The Morgan fingerprint density at radius 3 is 1.75 bits per heavy atom. The van der Waals surface area contributed by atoms with Gasteiger partial charge < -0.3 is 14.9 Å². The molecule has 1 saturated carbocycles. The van der Waals surface area contributed by atoms with Crippen LogP contribution in [0.5, 0.6) is 0 Å². The summed E-state index contributed by atoms with van der Waals surface area (Å²) in [5, 5.41) is 14.2. The van der Waals surface area contributed by atoms with Gasteiger partial charge in [0.15, 0.2) is 0 Å². The summed E-state index contributed by atoms with van der Waals surface area (Å²) < 4.78 is 60.5. The highest BCUT2D eigenvalue weighted by molar-refractivity contribution is 7.87. The van der Waals surface area contributed by atoms with Gasteiger partial charge in [-0.2, -0.15) is 17.2 Å². The average molecular weight is 374 g/mol. The highest BCUT2D eigenvalue weighted by Gasteiger charge is 2.55. The molecule has 0 bridgehead atoms. The van der Waals surface area contributed by atoms with Crippen molar-refractivity contribution in [2.24, 2.45) is 16.2 Å². The first-order chi connectivity index (χ1) is 10.6. The van der Waals surface area contributed by atoms with Crippen molar-refractivity contribution in [3.63, 3.8) is 0 Å². The number of esters is 1. The standard InChI is InChI=1S/C14H24F2O7S/c1-11(7-17)4-12(2,8-18)6-13(3,5-11)9-23-10(19)14(15,16)24(20,21)22/h17-18H,4-9H2,1-3H3,(H,20,21,22). The predicted octanol–water partition coefficient (Wildman–Crippen LogP) is 1.20. The van der Waals surface area contributed by atoms with Crippen molar-refractivity contribution in [3.05, 3.63) is 0 Å². The topological polar surface area (TPSA) is 121 Å². The average Bonchev–Trinajstić information content (AvgIpc) is 2.42. The van der Waals surface area contributed by atoms with Gasteiger partial charge in [-0.05, 0) is 30.1 Å². The van der Waals surface area contributed by atoms with E-state index in [2.05, 4.69) is 4.74 Å². The normalized spacial score (nSPS) is 34.8. The first-order valence-electron chi connectivity index (χ1n) is 7.36. The number of hydrogen-bond donors (Lipinski definition) is 3. The zero-order valence-electron chi connectivity index (χ0n) is 13.9. The van der Waals surface area contributed by atoms with Crippen LogP contribution in [-0.4, -0.2) is 54.2 Å². The molecule has 0 aromatic rings. The third-order valence-corrected chi connectivity index (χ3v) is 5.25. The Labute approximate surface area is 139 Å². The van der Waals surface area contributed by atoms with E-state index in [1.165, 1.54) is 0 Å². The van der Waals surface area contributed by atoms with Crippen molar-refractivity contribution in [2.45, 2.75) is 45.3 Å². The molecule has 0 heterocycles. The number of halogens is 2. The van der Waals surface area contributed by atoms with E-state index in [1.54, 1.807) is 20.8 Å². The fourth-order valence-electron chi connectivity index (χ4n) is 4.03. The van der Waals surface area contributed by atoms with Crippen LogP contribution in [0.25, 0.3) is 0 Å². The van der Waals surface area contributed by atoms with E-state index in [0.29, 0.717) is 19.3 Å². The lowest BCUT2D eigenvalue weighted by atomic mass is 9.55. The molecular weight excluding hydrogens is 350 g/mol. The molecule has 1 aliphatic rings. The number of ether oxygens (including phenoxy) is 1. The van der Waals surface area contributed by atoms with Gasteiger partial charge >= 0.3 is 21.3 Å². The van der Waals surface area contributed by atoms with Gasteiger partial charge in [-0.1, -0.05) is 20.8 Å². The van der Waals surface area contributed by atoms with E-state index in [4.69, 9.17) is 4.55 Å². The Hall–Kier alpha value is -0.840. The molecule has 0 spiro atoms. The largest absolute Gasteiger partial charge is 0.465 e. The van der Waals surface area contributed by atoms with Gasteiger partial charge in [0.2, 0.25) is 0 Å². The lowest BCUT2D eigenvalue weighted by Crippen LogP contribution is -2.48. The fourth-order valence-corrected chi connectivity index (χ4v) is 4.30. The number of carbonyl (C=O) groups excluding carboxylic acids is 1. The van der Waals surface area contributed by atoms with E-state index in [0.717, 1.165) is 0 Å². The van der Waals surface area contributed by atoms with Gasteiger partial charge in [0.25, 0.3) is 0 Å². The summed E-state index contributed by atoms with van der Waals surface area (Å²) >= 11 is 0. The molecule has 0 saturated heterocycles. The smallest absolute Gasteiger partial charge is 0.460 e. The quantitative estimate of drug-likeness (QED) is 0.472. The van der Waals surface area contributed by atoms with Crippen molar-refractivity contribution in [3.8, 4) is 0 Å². The second kappa shape index (κ2) is 6.47. The second-order valence-corrected chi connectivity index (χ2v) is 9.31. The first kappa shape index (κ1) is 21.2. The molecule has 24 heavy (non-hydrogen) atoms. The number of rotatable bonds is 6. The van der Waals surface area contributed by atoms with Gasteiger partial charge in [-0.3, -0.25) is 4.55 Å². The van der Waals surface area contributed by atoms with Crippen LogP contribution in [0.2, 0.25) is 0 Å². The molecular formula is C14H24F2O7S. The van der Waals surface area contributed by atoms with Crippen molar-refractivity contribution >= 4 is 16.1 Å². The van der Waals surface area contributed by atoms with Crippen molar-refractivity contribution < 1.29 is 41.5 Å². The van der Waals surface area contributed by atoms with Crippen LogP contribution in [0, 0.1) is 16.2 Å². The molecule has 0 aromatic carbocycles. The molecule has 0 aliphatic heterocycles. The minimum Gasteiger partial charge on any atom is -0.460 e. The molecule has 1 aliphatic carbocycles. The Morgan fingerprint density at radius 2 is 1.42 bits per heavy atom. The second-order valence-electron chi connectivity index (χ2n) is 7.85. The van der Waals surface area contributed by atoms with Gasteiger partial charge in [-0.25, -0.2) is 4.79 Å². The number of aliphatic hydroxyl groups excluding tert-OH is 2. The highest BCUT2D eigenvalue weighted by atomic mass is 32.2. The summed E-state index contributed by atoms with van der Waals surface area (Å²) in [6.45, 7) is 4.26. The zero-order chi connectivity index (χ0) is 19.0. The zero-order valence-corrected chi connectivity index (χ0v) is 14.7. The monoisotopic (exact) mass is 374 g/mol. The molecule has 2 unspecified atom stereocenters. The summed E-state index contributed by atoms with van der Waals surface area (Å²) in [6, 6.07) is 0. The third kappa shape index (κ3) is 4.41. The van der Waals surface area contributed by atoms with Crippen LogP contribution < -0.4 is 0 Å². The van der Waals surface area contributed by atoms with E-state index < -0.39 is 44.2 Å². The van der Waals surface area contributed by atoms with Crippen molar-refractivity contribution in [1.82, 2.24) is 0 Å².